The van der Waals surface area contributed by atoms with Gasteiger partial charge in [-0.25, -0.2) is 4.39 Å². The number of hydrogen-bond donors (Lipinski definition) is 2. The van der Waals surface area contributed by atoms with E-state index in [1.807, 2.05) is 0 Å². The Labute approximate surface area is 124 Å². The Hall–Kier alpha value is -1.37. The molecule has 0 saturated heterocycles. The van der Waals surface area contributed by atoms with Crippen LogP contribution in [0.25, 0.3) is 0 Å². The van der Waals surface area contributed by atoms with Crippen LogP contribution in [0.2, 0.25) is 0 Å². The number of rotatable bonds is 8. The van der Waals surface area contributed by atoms with Crippen molar-refractivity contribution in [3.05, 3.63) is 29.6 Å². The van der Waals surface area contributed by atoms with Gasteiger partial charge in [-0.05, 0) is 12.1 Å². The van der Waals surface area contributed by atoms with Gasteiger partial charge >= 0.3 is 0 Å². The molecule has 0 bridgehead atoms. The number of ether oxygens (including phenoxy) is 2. The highest BCUT2D eigenvalue weighted by Gasteiger charge is 2.16. The topological polar surface area (TPSA) is 59.6 Å². The van der Waals surface area contributed by atoms with Crippen LogP contribution in [0.4, 0.5) is 4.39 Å². The van der Waals surface area contributed by atoms with Gasteiger partial charge in [0, 0.05) is 26.7 Å². The highest BCUT2D eigenvalue weighted by atomic mass is 35.5. The molecular weight excluding hydrogens is 287 g/mol. The minimum Gasteiger partial charge on any atom is -0.496 e. The SMILES string of the molecule is COCCNCCNC(=O)c1c(F)cccc1OC.Cl. The second-order valence-corrected chi connectivity index (χ2v) is 3.82. The average Bonchev–Trinajstić information content (AvgIpc) is 2.42. The van der Waals surface area contributed by atoms with Crippen LogP contribution in [0.1, 0.15) is 10.4 Å². The number of amides is 1. The summed E-state index contributed by atoms with van der Waals surface area (Å²) in [5.41, 5.74) is -0.0677. The van der Waals surface area contributed by atoms with Gasteiger partial charge < -0.3 is 20.1 Å². The molecule has 5 nitrogen and oxygen atoms in total. The summed E-state index contributed by atoms with van der Waals surface area (Å²) >= 11 is 0. The number of methoxy groups -OCH3 is 2. The van der Waals surface area contributed by atoms with E-state index < -0.39 is 11.7 Å². The van der Waals surface area contributed by atoms with Gasteiger partial charge in [0.15, 0.2) is 0 Å². The first-order valence-electron chi connectivity index (χ1n) is 6.01. The van der Waals surface area contributed by atoms with E-state index in [9.17, 15) is 9.18 Å². The molecule has 0 saturated carbocycles. The molecule has 0 spiro atoms. The molecule has 0 radical (unpaired) electrons. The van der Waals surface area contributed by atoms with Gasteiger partial charge in [0.05, 0.1) is 13.7 Å². The van der Waals surface area contributed by atoms with E-state index in [0.717, 1.165) is 0 Å². The molecule has 0 heterocycles. The van der Waals surface area contributed by atoms with Crippen LogP contribution in [0.5, 0.6) is 5.75 Å². The van der Waals surface area contributed by atoms with Crippen LogP contribution in [0.15, 0.2) is 18.2 Å². The van der Waals surface area contributed by atoms with Crippen LogP contribution >= 0.6 is 12.4 Å². The molecule has 20 heavy (non-hydrogen) atoms. The smallest absolute Gasteiger partial charge is 0.258 e. The molecule has 0 aliphatic heterocycles. The lowest BCUT2D eigenvalue weighted by Crippen LogP contribution is -2.33. The standard InChI is InChI=1S/C13H19FN2O3.ClH/c1-18-9-8-15-6-7-16-13(17)12-10(14)4-3-5-11(12)19-2;/h3-5,15H,6-9H2,1-2H3,(H,16,17);1H. The lowest BCUT2D eigenvalue weighted by Gasteiger charge is -2.10. The first kappa shape index (κ1) is 18.6. The van der Waals surface area contributed by atoms with Crippen molar-refractivity contribution in [2.45, 2.75) is 0 Å². The van der Waals surface area contributed by atoms with Crippen molar-refractivity contribution in [2.24, 2.45) is 0 Å². The van der Waals surface area contributed by atoms with Gasteiger partial charge in [-0.2, -0.15) is 0 Å². The lowest BCUT2D eigenvalue weighted by molar-refractivity contribution is 0.0946. The normalized spacial score (nSPS) is 9.75. The van der Waals surface area contributed by atoms with Gasteiger partial charge in [-0.1, -0.05) is 6.07 Å². The molecule has 0 aliphatic rings. The van der Waals surface area contributed by atoms with Crippen LogP contribution in [-0.2, 0) is 4.74 Å². The van der Waals surface area contributed by atoms with Gasteiger partial charge in [0.1, 0.15) is 17.1 Å². The molecule has 0 fully saturated rings. The minimum absolute atomic E-state index is 0. The Morgan fingerprint density at radius 3 is 2.65 bits per heavy atom. The predicted molar refractivity (Wildman–Crippen MR) is 77.3 cm³/mol. The fraction of sp³-hybridized carbons (Fsp3) is 0.462. The van der Waals surface area contributed by atoms with Crippen molar-refractivity contribution in [1.29, 1.82) is 0 Å². The van der Waals surface area contributed by atoms with Gasteiger partial charge in [0.2, 0.25) is 0 Å². The fourth-order valence-electron chi connectivity index (χ4n) is 1.55. The molecule has 0 atom stereocenters. The van der Waals surface area contributed by atoms with Crippen LogP contribution in [0, 0.1) is 5.82 Å². The first-order chi connectivity index (χ1) is 9.20. The Bertz CT molecular complexity index is 419. The van der Waals surface area contributed by atoms with Crippen molar-refractivity contribution in [3.63, 3.8) is 0 Å². The number of carbonyl (C=O) groups is 1. The van der Waals surface area contributed by atoms with E-state index in [-0.39, 0.29) is 23.7 Å². The van der Waals surface area contributed by atoms with Gasteiger partial charge in [0.25, 0.3) is 5.91 Å². The average molecular weight is 307 g/mol. The Balaban J connectivity index is 0.00000361. The third-order valence-electron chi connectivity index (χ3n) is 2.49. The second kappa shape index (κ2) is 10.4. The number of carbonyl (C=O) groups excluding carboxylic acids is 1. The summed E-state index contributed by atoms with van der Waals surface area (Å²) < 4.78 is 23.4. The number of benzene rings is 1. The molecule has 1 amide bonds. The van der Waals surface area contributed by atoms with E-state index in [1.54, 1.807) is 13.2 Å². The summed E-state index contributed by atoms with van der Waals surface area (Å²) in [6, 6.07) is 4.28. The van der Waals surface area contributed by atoms with E-state index in [2.05, 4.69) is 10.6 Å². The maximum Gasteiger partial charge on any atom is 0.258 e. The molecule has 7 heteroatoms. The van der Waals surface area contributed by atoms with Gasteiger partial charge in [-0.15, -0.1) is 12.4 Å². The number of nitrogens with one attached hydrogen (secondary N) is 2. The maximum absolute atomic E-state index is 13.6. The summed E-state index contributed by atoms with van der Waals surface area (Å²) in [7, 11) is 3.02. The van der Waals surface area contributed by atoms with Crippen LogP contribution in [-0.4, -0.2) is 46.4 Å². The van der Waals surface area contributed by atoms with E-state index in [1.165, 1.54) is 19.2 Å². The summed E-state index contributed by atoms with van der Waals surface area (Å²) in [5.74, 6) is -0.850. The van der Waals surface area contributed by atoms with Crippen LogP contribution < -0.4 is 15.4 Å². The molecule has 0 aromatic heterocycles. The lowest BCUT2D eigenvalue weighted by atomic mass is 10.1. The zero-order valence-electron chi connectivity index (χ0n) is 11.6. The quantitative estimate of drug-likeness (QED) is 0.709. The molecule has 1 aromatic carbocycles. The van der Waals surface area contributed by atoms with Crippen molar-refractivity contribution >= 4 is 18.3 Å². The maximum atomic E-state index is 13.6. The zero-order valence-corrected chi connectivity index (χ0v) is 12.4. The molecule has 0 unspecified atom stereocenters. The van der Waals surface area contributed by atoms with Gasteiger partial charge in [-0.3, -0.25) is 4.79 Å². The highest BCUT2D eigenvalue weighted by molar-refractivity contribution is 5.97. The van der Waals surface area contributed by atoms with Crippen molar-refractivity contribution in [1.82, 2.24) is 10.6 Å². The third-order valence-corrected chi connectivity index (χ3v) is 2.49. The van der Waals surface area contributed by atoms with Crippen molar-refractivity contribution in [2.75, 3.05) is 40.5 Å². The third kappa shape index (κ3) is 5.73. The highest BCUT2D eigenvalue weighted by Crippen LogP contribution is 2.20. The summed E-state index contributed by atoms with van der Waals surface area (Å²) in [4.78, 5) is 11.9. The monoisotopic (exact) mass is 306 g/mol. The molecule has 0 aliphatic carbocycles. The predicted octanol–water partition coefficient (Wildman–Crippen LogP) is 1.22. The van der Waals surface area contributed by atoms with Crippen molar-refractivity contribution < 1.29 is 18.7 Å². The second-order valence-electron chi connectivity index (χ2n) is 3.82. The van der Waals surface area contributed by atoms with Crippen LogP contribution in [0.3, 0.4) is 0 Å². The molecule has 2 N–H and O–H groups in total. The molecule has 1 aromatic rings. The number of halogens is 2. The summed E-state index contributed by atoms with van der Waals surface area (Å²) in [6.07, 6.45) is 0. The van der Waals surface area contributed by atoms with Crippen molar-refractivity contribution in [3.8, 4) is 5.75 Å². The Morgan fingerprint density at radius 1 is 1.25 bits per heavy atom. The van der Waals surface area contributed by atoms with E-state index >= 15 is 0 Å². The van der Waals surface area contributed by atoms with E-state index in [4.69, 9.17) is 9.47 Å². The van der Waals surface area contributed by atoms with E-state index in [0.29, 0.717) is 26.2 Å². The molecular formula is C13H20ClFN2O3. The number of hydrogen-bond acceptors (Lipinski definition) is 4. The first-order valence-corrected chi connectivity index (χ1v) is 6.01. The zero-order chi connectivity index (χ0) is 14.1. The summed E-state index contributed by atoms with van der Waals surface area (Å²) in [6.45, 7) is 2.30. The Morgan fingerprint density at radius 2 is 2.00 bits per heavy atom. The Kier molecular flexibility index (Phi) is 9.71. The summed E-state index contributed by atoms with van der Waals surface area (Å²) in [5, 5.41) is 5.70. The fourth-order valence-corrected chi connectivity index (χ4v) is 1.55. The minimum atomic E-state index is -0.593. The molecule has 114 valence electrons. The largest absolute Gasteiger partial charge is 0.496 e. The molecule has 1 rings (SSSR count).